The largest absolute Gasteiger partial charge is 0.497 e. The summed E-state index contributed by atoms with van der Waals surface area (Å²) in [6, 6.07) is 23.3. The summed E-state index contributed by atoms with van der Waals surface area (Å²) in [5, 5.41) is 0.951. The first kappa shape index (κ1) is 22.1. The molecule has 0 spiro atoms. The third kappa shape index (κ3) is 4.87. The summed E-state index contributed by atoms with van der Waals surface area (Å²) in [5.74, 6) is 2.16. The van der Waals surface area contributed by atoms with Crippen molar-refractivity contribution in [3.8, 4) is 22.9 Å². The quantitative estimate of drug-likeness (QED) is 0.425. The average Bonchev–Trinajstić information content (AvgIpc) is 2.83. The standard InChI is InChI=1S/C26H26N4O3/c1-17(2)30(19-11-13-20(32-3)14-12-19)26-22-9-4-5-10-23(22)28-25(29-26)18-7-6-8-21(15-18)33-16-24(27)31/h4-15,17H,16H2,1-3H3,(H2,27,31). The second kappa shape index (κ2) is 9.56. The predicted molar refractivity (Wildman–Crippen MR) is 130 cm³/mol. The Balaban J connectivity index is 1.84. The lowest BCUT2D eigenvalue weighted by Gasteiger charge is -2.29. The lowest BCUT2D eigenvalue weighted by molar-refractivity contribution is -0.119. The second-order valence-electron chi connectivity index (χ2n) is 7.83. The zero-order valence-corrected chi connectivity index (χ0v) is 18.9. The van der Waals surface area contributed by atoms with Crippen LogP contribution in [0, 0.1) is 0 Å². The predicted octanol–water partition coefficient (Wildman–Crippen LogP) is 4.72. The molecule has 4 aromatic rings. The second-order valence-corrected chi connectivity index (χ2v) is 7.83. The van der Waals surface area contributed by atoms with Gasteiger partial charge in [-0.2, -0.15) is 0 Å². The molecule has 0 unspecified atom stereocenters. The van der Waals surface area contributed by atoms with E-state index in [9.17, 15) is 4.79 Å². The molecule has 0 aliphatic carbocycles. The minimum atomic E-state index is -0.531. The number of benzene rings is 3. The molecule has 0 aliphatic heterocycles. The van der Waals surface area contributed by atoms with E-state index in [1.54, 1.807) is 13.2 Å². The van der Waals surface area contributed by atoms with Crippen LogP contribution >= 0.6 is 0 Å². The molecule has 0 saturated carbocycles. The van der Waals surface area contributed by atoms with Gasteiger partial charge in [-0.3, -0.25) is 4.79 Å². The van der Waals surface area contributed by atoms with Crippen LogP contribution in [0.25, 0.3) is 22.3 Å². The van der Waals surface area contributed by atoms with E-state index in [1.165, 1.54) is 0 Å². The fraction of sp³-hybridized carbons (Fsp3) is 0.192. The molecule has 0 fully saturated rings. The molecule has 3 aromatic carbocycles. The molecule has 4 rings (SSSR count). The van der Waals surface area contributed by atoms with E-state index in [0.29, 0.717) is 11.6 Å². The van der Waals surface area contributed by atoms with Gasteiger partial charge < -0.3 is 20.1 Å². The van der Waals surface area contributed by atoms with Crippen molar-refractivity contribution in [3.63, 3.8) is 0 Å². The minimum Gasteiger partial charge on any atom is -0.497 e. The molecule has 1 amide bonds. The van der Waals surface area contributed by atoms with Gasteiger partial charge in [0.1, 0.15) is 17.3 Å². The number of carbonyl (C=O) groups is 1. The van der Waals surface area contributed by atoms with Gasteiger partial charge in [0.05, 0.1) is 12.6 Å². The highest BCUT2D eigenvalue weighted by atomic mass is 16.5. The molecular formula is C26H26N4O3. The van der Waals surface area contributed by atoms with Crippen molar-refractivity contribution in [2.45, 2.75) is 19.9 Å². The SMILES string of the molecule is COc1ccc(N(c2nc(-c3cccc(OCC(N)=O)c3)nc3ccccc23)C(C)C)cc1. The zero-order chi connectivity index (χ0) is 23.4. The first-order chi connectivity index (χ1) is 16.0. The van der Waals surface area contributed by atoms with E-state index < -0.39 is 5.91 Å². The Morgan fingerprint density at radius 3 is 2.42 bits per heavy atom. The third-order valence-corrected chi connectivity index (χ3v) is 5.15. The van der Waals surface area contributed by atoms with Crippen molar-refractivity contribution in [3.05, 3.63) is 72.8 Å². The number of carbonyl (C=O) groups excluding carboxylic acids is 1. The van der Waals surface area contributed by atoms with Gasteiger partial charge in [0, 0.05) is 22.7 Å². The molecule has 0 radical (unpaired) electrons. The van der Waals surface area contributed by atoms with Crippen molar-refractivity contribution in [2.75, 3.05) is 18.6 Å². The Hall–Kier alpha value is -4.13. The summed E-state index contributed by atoms with van der Waals surface area (Å²) in [7, 11) is 1.65. The van der Waals surface area contributed by atoms with Crippen LogP contribution < -0.4 is 20.1 Å². The van der Waals surface area contributed by atoms with E-state index in [4.69, 9.17) is 25.2 Å². The van der Waals surface area contributed by atoms with Crippen LogP contribution in [0.4, 0.5) is 11.5 Å². The first-order valence-electron chi connectivity index (χ1n) is 10.7. The van der Waals surface area contributed by atoms with Crippen molar-refractivity contribution < 1.29 is 14.3 Å². The Bertz CT molecular complexity index is 1270. The number of methoxy groups -OCH3 is 1. The molecule has 0 atom stereocenters. The number of anilines is 2. The lowest BCUT2D eigenvalue weighted by Crippen LogP contribution is -2.27. The summed E-state index contributed by atoms with van der Waals surface area (Å²) < 4.78 is 10.8. The summed E-state index contributed by atoms with van der Waals surface area (Å²) in [6.07, 6.45) is 0. The molecular weight excluding hydrogens is 416 g/mol. The maximum Gasteiger partial charge on any atom is 0.255 e. The monoisotopic (exact) mass is 442 g/mol. The van der Waals surface area contributed by atoms with E-state index in [0.717, 1.165) is 33.7 Å². The van der Waals surface area contributed by atoms with Crippen molar-refractivity contribution in [1.29, 1.82) is 0 Å². The van der Waals surface area contributed by atoms with Crippen LogP contribution in [0.5, 0.6) is 11.5 Å². The molecule has 2 N–H and O–H groups in total. The Morgan fingerprint density at radius 1 is 0.970 bits per heavy atom. The number of primary amides is 1. The fourth-order valence-electron chi connectivity index (χ4n) is 3.66. The maximum atomic E-state index is 11.1. The molecule has 168 valence electrons. The highest BCUT2D eigenvalue weighted by Gasteiger charge is 2.20. The van der Waals surface area contributed by atoms with Crippen LogP contribution in [0.15, 0.2) is 72.8 Å². The van der Waals surface area contributed by atoms with Gasteiger partial charge in [-0.25, -0.2) is 9.97 Å². The highest BCUT2D eigenvalue weighted by molar-refractivity contribution is 5.93. The zero-order valence-electron chi connectivity index (χ0n) is 18.9. The number of nitrogens with two attached hydrogens (primary N) is 1. The Labute approximate surface area is 192 Å². The van der Waals surface area contributed by atoms with Crippen LogP contribution in [-0.4, -0.2) is 35.6 Å². The number of para-hydroxylation sites is 1. The first-order valence-corrected chi connectivity index (χ1v) is 10.7. The van der Waals surface area contributed by atoms with E-state index in [-0.39, 0.29) is 12.6 Å². The van der Waals surface area contributed by atoms with Crippen molar-refractivity contribution in [2.24, 2.45) is 5.73 Å². The Morgan fingerprint density at radius 2 is 1.73 bits per heavy atom. The Kier molecular flexibility index (Phi) is 6.40. The maximum absolute atomic E-state index is 11.1. The van der Waals surface area contributed by atoms with E-state index in [1.807, 2.05) is 66.7 Å². The van der Waals surface area contributed by atoms with Crippen LogP contribution in [0.1, 0.15) is 13.8 Å². The van der Waals surface area contributed by atoms with Crippen molar-refractivity contribution >= 4 is 28.3 Å². The van der Waals surface area contributed by atoms with Gasteiger partial charge in [-0.15, -0.1) is 0 Å². The molecule has 7 heteroatoms. The number of amides is 1. The van der Waals surface area contributed by atoms with E-state index in [2.05, 4.69) is 18.7 Å². The van der Waals surface area contributed by atoms with Crippen LogP contribution in [0.3, 0.4) is 0 Å². The fourth-order valence-corrected chi connectivity index (χ4v) is 3.66. The van der Waals surface area contributed by atoms with E-state index >= 15 is 0 Å². The normalized spacial score (nSPS) is 10.9. The van der Waals surface area contributed by atoms with Gasteiger partial charge >= 0.3 is 0 Å². The number of ether oxygens (including phenoxy) is 2. The summed E-state index contributed by atoms with van der Waals surface area (Å²) >= 11 is 0. The molecule has 33 heavy (non-hydrogen) atoms. The summed E-state index contributed by atoms with van der Waals surface area (Å²) in [6.45, 7) is 4.06. The lowest BCUT2D eigenvalue weighted by atomic mass is 10.1. The molecule has 0 bridgehead atoms. The number of nitrogens with zero attached hydrogens (tertiary/aromatic N) is 3. The van der Waals surface area contributed by atoms with Crippen LogP contribution in [-0.2, 0) is 4.79 Å². The topological polar surface area (TPSA) is 90.6 Å². The summed E-state index contributed by atoms with van der Waals surface area (Å²) in [4.78, 5) is 23.1. The van der Waals surface area contributed by atoms with Gasteiger partial charge in [0.15, 0.2) is 12.4 Å². The molecule has 0 aliphatic rings. The van der Waals surface area contributed by atoms with Crippen molar-refractivity contribution in [1.82, 2.24) is 9.97 Å². The number of hydrogen-bond acceptors (Lipinski definition) is 6. The number of rotatable bonds is 8. The van der Waals surface area contributed by atoms with Gasteiger partial charge in [-0.05, 0) is 62.4 Å². The smallest absolute Gasteiger partial charge is 0.255 e. The number of hydrogen-bond donors (Lipinski definition) is 1. The summed E-state index contributed by atoms with van der Waals surface area (Å²) in [5.41, 5.74) is 7.82. The van der Waals surface area contributed by atoms with Gasteiger partial charge in [0.25, 0.3) is 5.91 Å². The molecule has 1 heterocycles. The van der Waals surface area contributed by atoms with Gasteiger partial charge in [0.2, 0.25) is 0 Å². The number of aromatic nitrogens is 2. The highest BCUT2D eigenvalue weighted by Crippen LogP contribution is 2.35. The average molecular weight is 443 g/mol. The van der Waals surface area contributed by atoms with Gasteiger partial charge in [-0.1, -0.05) is 24.3 Å². The third-order valence-electron chi connectivity index (χ3n) is 5.15. The molecule has 7 nitrogen and oxygen atoms in total. The molecule has 0 saturated heterocycles. The minimum absolute atomic E-state index is 0.134. The number of fused-ring (bicyclic) bond motifs is 1. The van der Waals surface area contributed by atoms with Crippen LogP contribution in [0.2, 0.25) is 0 Å². The molecule has 1 aromatic heterocycles.